The fraction of sp³-hybridized carbons (Fsp3) is 0.353. The van der Waals surface area contributed by atoms with E-state index in [0.29, 0.717) is 13.0 Å². The number of nitrogens with zero attached hydrogens (tertiary/aromatic N) is 1. The molecule has 3 heteroatoms. The van der Waals surface area contributed by atoms with Crippen molar-refractivity contribution in [2.24, 2.45) is 0 Å². The van der Waals surface area contributed by atoms with Crippen LogP contribution < -0.4 is 0 Å². The smallest absolute Gasteiger partial charge is 0.223 e. The number of aryl methyl sites for hydroxylation is 1. The molecule has 0 aliphatic carbocycles. The number of hydrogen-bond acceptors (Lipinski definition) is 1. The number of terminal acetylenes is 1. The summed E-state index contributed by atoms with van der Waals surface area (Å²) in [6.45, 7) is 3.19. The molecule has 3 nitrogen and oxygen atoms in total. The monoisotopic (exact) mass is 268 g/mol. The van der Waals surface area contributed by atoms with Crippen molar-refractivity contribution in [1.29, 1.82) is 0 Å². The summed E-state index contributed by atoms with van der Waals surface area (Å²) in [6.07, 6.45) is 9.48. The van der Waals surface area contributed by atoms with Gasteiger partial charge in [-0.25, -0.2) is 0 Å². The normalized spacial score (nSPS) is 10.4. The van der Waals surface area contributed by atoms with Gasteiger partial charge in [-0.05, 0) is 24.5 Å². The van der Waals surface area contributed by atoms with Crippen LogP contribution in [0, 0.1) is 12.3 Å². The number of hydrogen-bond donors (Lipinski definition) is 1. The van der Waals surface area contributed by atoms with Crippen molar-refractivity contribution < 1.29 is 4.79 Å². The van der Waals surface area contributed by atoms with E-state index >= 15 is 0 Å². The van der Waals surface area contributed by atoms with Crippen LogP contribution in [0.15, 0.2) is 30.5 Å². The second kappa shape index (κ2) is 6.81. The molecule has 0 fully saturated rings. The summed E-state index contributed by atoms with van der Waals surface area (Å²) in [4.78, 5) is 17.2. The molecule has 0 unspecified atom stereocenters. The molecule has 1 aromatic heterocycles. The first kappa shape index (κ1) is 14.2. The summed E-state index contributed by atoms with van der Waals surface area (Å²) in [5.41, 5.74) is 2.30. The predicted octanol–water partition coefficient (Wildman–Crippen LogP) is 2.97. The number of carbonyl (C=O) groups excluding carboxylic acids is 1. The van der Waals surface area contributed by atoms with E-state index in [4.69, 9.17) is 6.42 Å². The van der Waals surface area contributed by atoms with E-state index < -0.39 is 0 Å². The predicted molar refractivity (Wildman–Crippen MR) is 82.3 cm³/mol. The third-order valence-corrected chi connectivity index (χ3v) is 3.41. The highest BCUT2D eigenvalue weighted by atomic mass is 16.2. The van der Waals surface area contributed by atoms with Crippen LogP contribution in [-0.4, -0.2) is 28.9 Å². The molecule has 2 rings (SSSR count). The molecule has 1 heterocycles. The van der Waals surface area contributed by atoms with Gasteiger partial charge in [-0.2, -0.15) is 0 Å². The van der Waals surface area contributed by atoms with Gasteiger partial charge in [0, 0.05) is 30.1 Å². The summed E-state index contributed by atoms with van der Waals surface area (Å²) >= 11 is 0. The first-order valence-electron chi connectivity index (χ1n) is 7.02. The topological polar surface area (TPSA) is 36.1 Å². The number of para-hydroxylation sites is 1. The van der Waals surface area contributed by atoms with Gasteiger partial charge < -0.3 is 9.88 Å². The third-order valence-electron chi connectivity index (χ3n) is 3.41. The minimum Gasteiger partial charge on any atom is -0.361 e. The van der Waals surface area contributed by atoms with E-state index in [1.807, 2.05) is 24.4 Å². The molecule has 0 aliphatic heterocycles. The van der Waals surface area contributed by atoms with Crippen LogP contribution in [0.5, 0.6) is 0 Å². The van der Waals surface area contributed by atoms with E-state index in [9.17, 15) is 4.79 Å². The van der Waals surface area contributed by atoms with Gasteiger partial charge in [0.25, 0.3) is 0 Å². The largest absolute Gasteiger partial charge is 0.361 e. The van der Waals surface area contributed by atoms with Crippen LogP contribution in [0.25, 0.3) is 10.9 Å². The van der Waals surface area contributed by atoms with Gasteiger partial charge in [0.05, 0.1) is 6.54 Å². The summed E-state index contributed by atoms with van der Waals surface area (Å²) in [6, 6.07) is 8.15. The Morgan fingerprint density at radius 2 is 2.20 bits per heavy atom. The van der Waals surface area contributed by atoms with Crippen molar-refractivity contribution >= 4 is 16.8 Å². The number of amides is 1. The lowest BCUT2D eigenvalue weighted by Gasteiger charge is -2.19. The zero-order chi connectivity index (χ0) is 14.4. The Labute approximate surface area is 120 Å². The lowest BCUT2D eigenvalue weighted by molar-refractivity contribution is -0.130. The van der Waals surface area contributed by atoms with Gasteiger partial charge in [-0.1, -0.05) is 31.0 Å². The van der Waals surface area contributed by atoms with Gasteiger partial charge in [0.2, 0.25) is 5.91 Å². The van der Waals surface area contributed by atoms with Crippen molar-refractivity contribution in [3.63, 3.8) is 0 Å². The van der Waals surface area contributed by atoms with Gasteiger partial charge >= 0.3 is 0 Å². The maximum atomic E-state index is 12.2. The lowest BCUT2D eigenvalue weighted by atomic mass is 10.1. The standard InChI is InChI=1S/C17H20N2O/c1-3-11-19(12-4-2)17(20)10-9-14-13-18-16-8-6-5-7-15(14)16/h1,5-8,13,18H,4,9-12H2,2H3. The summed E-state index contributed by atoms with van der Waals surface area (Å²) in [5.74, 6) is 2.69. The van der Waals surface area contributed by atoms with Gasteiger partial charge in [0.15, 0.2) is 0 Å². The Kier molecular flexibility index (Phi) is 4.84. The Morgan fingerprint density at radius 3 is 2.95 bits per heavy atom. The Balaban J connectivity index is 2.01. The molecule has 0 radical (unpaired) electrons. The van der Waals surface area contributed by atoms with E-state index in [0.717, 1.165) is 24.9 Å². The molecule has 104 valence electrons. The molecular weight excluding hydrogens is 248 g/mol. The van der Waals surface area contributed by atoms with Crippen LogP contribution >= 0.6 is 0 Å². The van der Waals surface area contributed by atoms with Crippen LogP contribution in [0.2, 0.25) is 0 Å². The molecule has 0 saturated carbocycles. The highest BCUT2D eigenvalue weighted by molar-refractivity contribution is 5.84. The Morgan fingerprint density at radius 1 is 1.40 bits per heavy atom. The minimum atomic E-state index is 0.134. The Hall–Kier alpha value is -2.21. The highest BCUT2D eigenvalue weighted by Crippen LogP contribution is 2.19. The maximum Gasteiger partial charge on any atom is 0.223 e. The second-order valence-electron chi connectivity index (χ2n) is 4.88. The van der Waals surface area contributed by atoms with E-state index in [1.165, 1.54) is 10.9 Å². The molecule has 1 aromatic carbocycles. The van der Waals surface area contributed by atoms with Crippen LogP contribution in [0.1, 0.15) is 25.3 Å². The van der Waals surface area contributed by atoms with E-state index in [1.54, 1.807) is 4.90 Å². The summed E-state index contributed by atoms with van der Waals surface area (Å²) < 4.78 is 0. The van der Waals surface area contributed by atoms with Crippen molar-refractivity contribution in [3.8, 4) is 12.3 Å². The van der Waals surface area contributed by atoms with Crippen LogP contribution in [-0.2, 0) is 11.2 Å². The van der Waals surface area contributed by atoms with Crippen LogP contribution in [0.3, 0.4) is 0 Å². The number of nitrogens with one attached hydrogen (secondary N) is 1. The maximum absolute atomic E-state index is 12.2. The number of rotatable bonds is 6. The number of benzene rings is 1. The molecule has 2 aromatic rings. The zero-order valence-electron chi connectivity index (χ0n) is 11.9. The fourth-order valence-corrected chi connectivity index (χ4v) is 2.41. The summed E-state index contributed by atoms with van der Waals surface area (Å²) in [5, 5.41) is 1.19. The molecule has 0 aliphatic rings. The minimum absolute atomic E-state index is 0.134. The van der Waals surface area contributed by atoms with Crippen molar-refractivity contribution in [2.75, 3.05) is 13.1 Å². The quantitative estimate of drug-likeness (QED) is 0.803. The lowest BCUT2D eigenvalue weighted by Crippen LogP contribution is -2.32. The van der Waals surface area contributed by atoms with Crippen molar-refractivity contribution in [2.45, 2.75) is 26.2 Å². The number of carbonyl (C=O) groups is 1. The zero-order valence-corrected chi connectivity index (χ0v) is 11.9. The van der Waals surface area contributed by atoms with Gasteiger partial charge in [-0.15, -0.1) is 6.42 Å². The molecule has 1 N–H and O–H groups in total. The first-order valence-corrected chi connectivity index (χ1v) is 7.02. The Bertz CT molecular complexity index is 621. The molecular formula is C17H20N2O. The molecule has 20 heavy (non-hydrogen) atoms. The van der Waals surface area contributed by atoms with E-state index in [2.05, 4.69) is 23.9 Å². The van der Waals surface area contributed by atoms with Crippen molar-refractivity contribution in [3.05, 3.63) is 36.0 Å². The van der Waals surface area contributed by atoms with Crippen molar-refractivity contribution in [1.82, 2.24) is 9.88 Å². The molecule has 0 spiro atoms. The number of H-pyrrole nitrogens is 1. The average Bonchev–Trinajstić information content (AvgIpc) is 2.88. The second-order valence-corrected chi connectivity index (χ2v) is 4.88. The number of aromatic nitrogens is 1. The molecule has 0 saturated heterocycles. The molecule has 0 atom stereocenters. The fourth-order valence-electron chi connectivity index (χ4n) is 2.41. The number of aromatic amines is 1. The summed E-state index contributed by atoms with van der Waals surface area (Å²) in [7, 11) is 0. The third kappa shape index (κ3) is 3.21. The molecule has 1 amide bonds. The van der Waals surface area contributed by atoms with Crippen LogP contribution in [0.4, 0.5) is 0 Å². The molecule has 0 bridgehead atoms. The average molecular weight is 268 g/mol. The van der Waals surface area contributed by atoms with Gasteiger partial charge in [-0.3, -0.25) is 4.79 Å². The van der Waals surface area contributed by atoms with E-state index in [-0.39, 0.29) is 5.91 Å². The van der Waals surface area contributed by atoms with Gasteiger partial charge in [0.1, 0.15) is 0 Å². The first-order chi connectivity index (χ1) is 9.76. The SMILES string of the molecule is C#CCN(CCC)C(=O)CCc1c[nH]c2ccccc12. The highest BCUT2D eigenvalue weighted by Gasteiger charge is 2.12. The number of fused-ring (bicyclic) bond motifs is 1.